The van der Waals surface area contributed by atoms with Gasteiger partial charge in [0.1, 0.15) is 6.10 Å². The van der Waals surface area contributed by atoms with E-state index < -0.39 is 0 Å². The molecule has 2 aliphatic heterocycles. The zero-order valence-electron chi connectivity index (χ0n) is 11.2. The summed E-state index contributed by atoms with van der Waals surface area (Å²) < 4.78 is 5.50. The Balaban J connectivity index is 1.78. The van der Waals surface area contributed by atoms with Gasteiger partial charge in [0.15, 0.2) is 0 Å². The molecular weight excluding hydrogens is 286 g/mol. The maximum atomic E-state index is 12.9. The summed E-state index contributed by atoms with van der Waals surface area (Å²) in [7, 11) is 0. The second-order valence-corrected chi connectivity index (χ2v) is 6.20. The smallest absolute Gasteiger partial charge is 0.292 e. The summed E-state index contributed by atoms with van der Waals surface area (Å²) in [6.45, 7) is 0. The van der Waals surface area contributed by atoms with E-state index in [2.05, 4.69) is 4.98 Å². The summed E-state index contributed by atoms with van der Waals surface area (Å²) >= 11 is 1.76. The number of hydrogen-bond donors (Lipinski definition) is 1. The second kappa shape index (κ2) is 4.73. The molecule has 2 atom stereocenters. The van der Waals surface area contributed by atoms with Crippen molar-refractivity contribution in [3.05, 3.63) is 42.1 Å². The quantitative estimate of drug-likeness (QED) is 0.876. The number of nitrogens with one attached hydrogen (secondary N) is 1. The minimum absolute atomic E-state index is 0.0334. The van der Waals surface area contributed by atoms with Crippen molar-refractivity contribution in [1.29, 1.82) is 5.41 Å². The van der Waals surface area contributed by atoms with E-state index in [1.807, 2.05) is 24.3 Å². The Morgan fingerprint density at radius 1 is 1.33 bits per heavy atom. The highest BCUT2D eigenvalue weighted by Gasteiger charge is 2.46. The predicted octanol–water partition coefficient (Wildman–Crippen LogP) is 2.13. The Morgan fingerprint density at radius 3 is 3.10 bits per heavy atom. The molecule has 0 radical (unpaired) electrons. The lowest BCUT2D eigenvalue weighted by atomic mass is 10.1. The lowest BCUT2D eigenvalue weighted by molar-refractivity contribution is 0.0825. The number of ether oxygens (including phenoxy) is 1. The molecule has 5 nitrogen and oxygen atoms in total. The van der Waals surface area contributed by atoms with Gasteiger partial charge in [0.25, 0.3) is 11.9 Å². The van der Waals surface area contributed by atoms with Gasteiger partial charge in [-0.15, -0.1) is 0 Å². The number of fused-ring (bicyclic) bond motifs is 2. The summed E-state index contributed by atoms with van der Waals surface area (Å²) in [6, 6.07) is 9.25. The molecule has 1 aromatic heterocycles. The van der Waals surface area contributed by atoms with Crippen LogP contribution in [-0.2, 0) is 4.74 Å². The first-order valence-electron chi connectivity index (χ1n) is 6.76. The van der Waals surface area contributed by atoms with Crippen LogP contribution in [0.4, 0.5) is 0 Å². The molecule has 21 heavy (non-hydrogen) atoms. The van der Waals surface area contributed by atoms with Gasteiger partial charge >= 0.3 is 0 Å². The van der Waals surface area contributed by atoms with Gasteiger partial charge in [-0.3, -0.25) is 20.1 Å². The van der Waals surface area contributed by atoms with Crippen LogP contribution in [0.3, 0.4) is 0 Å². The molecule has 2 saturated heterocycles. The second-order valence-electron chi connectivity index (χ2n) is 5.12. The fraction of sp³-hybridized carbons (Fsp3) is 0.267. The fourth-order valence-electron chi connectivity index (χ4n) is 2.88. The van der Waals surface area contributed by atoms with Crippen molar-refractivity contribution in [2.75, 3.05) is 11.5 Å². The van der Waals surface area contributed by atoms with E-state index in [1.165, 1.54) is 4.90 Å². The van der Waals surface area contributed by atoms with E-state index >= 15 is 0 Å². The largest absolute Gasteiger partial charge is 0.459 e. The van der Waals surface area contributed by atoms with Gasteiger partial charge in [0.05, 0.1) is 17.1 Å². The van der Waals surface area contributed by atoms with E-state index in [0.717, 1.165) is 16.9 Å². The number of rotatable bonds is 1. The van der Waals surface area contributed by atoms with Crippen molar-refractivity contribution in [1.82, 2.24) is 9.88 Å². The standard InChI is InChI=1S/C15H13N3O2S/c16-15-18(11-7-21-8-12(11)20-15)14(19)10-5-1-3-9-4-2-6-17-13(9)10/h1-6,11-12,16H,7-8H2/t11-,12-/m0/s1. The molecule has 0 aliphatic carbocycles. The maximum Gasteiger partial charge on any atom is 0.292 e. The molecule has 1 N–H and O–H groups in total. The third kappa shape index (κ3) is 1.90. The Labute approximate surface area is 125 Å². The number of nitrogens with zero attached hydrogens (tertiary/aromatic N) is 2. The van der Waals surface area contributed by atoms with Crippen molar-refractivity contribution in [3.8, 4) is 0 Å². The SMILES string of the molecule is N=C1O[C@H]2CSC[C@@H]2N1C(=O)c1cccc2cccnc12. The molecule has 6 heteroatoms. The highest BCUT2D eigenvalue weighted by atomic mass is 32.2. The predicted molar refractivity (Wildman–Crippen MR) is 81.6 cm³/mol. The Morgan fingerprint density at radius 2 is 2.19 bits per heavy atom. The third-order valence-electron chi connectivity index (χ3n) is 3.90. The number of carbonyl (C=O) groups excluding carboxylic acids is 1. The van der Waals surface area contributed by atoms with E-state index in [1.54, 1.807) is 24.0 Å². The van der Waals surface area contributed by atoms with E-state index in [4.69, 9.17) is 10.1 Å². The lowest BCUT2D eigenvalue weighted by Gasteiger charge is -2.19. The average molecular weight is 299 g/mol. The number of aromatic nitrogens is 1. The average Bonchev–Trinajstić information content (AvgIpc) is 3.06. The number of carbonyl (C=O) groups is 1. The zero-order valence-corrected chi connectivity index (χ0v) is 12.0. The van der Waals surface area contributed by atoms with E-state index in [-0.39, 0.29) is 24.1 Å². The Kier molecular flexibility index (Phi) is 2.85. The molecule has 0 unspecified atom stereocenters. The topological polar surface area (TPSA) is 66.3 Å². The molecule has 2 aromatic rings. The van der Waals surface area contributed by atoms with Crippen LogP contribution in [0.25, 0.3) is 10.9 Å². The van der Waals surface area contributed by atoms with Crippen LogP contribution in [0.1, 0.15) is 10.4 Å². The molecule has 0 saturated carbocycles. The number of hydrogen-bond acceptors (Lipinski definition) is 5. The lowest BCUT2D eigenvalue weighted by Crippen LogP contribution is -2.41. The van der Waals surface area contributed by atoms with Gasteiger partial charge in [0, 0.05) is 23.1 Å². The van der Waals surface area contributed by atoms with Crippen LogP contribution in [0, 0.1) is 5.41 Å². The van der Waals surface area contributed by atoms with Crippen LogP contribution in [0.2, 0.25) is 0 Å². The van der Waals surface area contributed by atoms with Crippen LogP contribution >= 0.6 is 11.8 Å². The van der Waals surface area contributed by atoms with Gasteiger partial charge in [-0.05, 0) is 12.1 Å². The van der Waals surface area contributed by atoms with Crippen molar-refractivity contribution in [3.63, 3.8) is 0 Å². The zero-order chi connectivity index (χ0) is 14.4. The number of benzene rings is 1. The normalized spacial score (nSPS) is 24.2. The third-order valence-corrected chi connectivity index (χ3v) is 5.04. The van der Waals surface area contributed by atoms with E-state index in [0.29, 0.717) is 11.1 Å². The molecule has 2 fully saturated rings. The molecule has 4 rings (SSSR count). The molecule has 0 spiro atoms. The fourth-order valence-corrected chi connectivity index (χ4v) is 4.14. The van der Waals surface area contributed by atoms with Crippen molar-refractivity contribution < 1.29 is 9.53 Å². The van der Waals surface area contributed by atoms with Crippen molar-refractivity contribution >= 4 is 34.6 Å². The Hall–Kier alpha value is -2.08. The molecule has 106 valence electrons. The molecule has 0 bridgehead atoms. The summed E-state index contributed by atoms with van der Waals surface area (Å²) in [6.07, 6.45) is 1.63. The van der Waals surface area contributed by atoms with Gasteiger partial charge in [0.2, 0.25) is 0 Å². The first-order valence-corrected chi connectivity index (χ1v) is 7.91. The number of amides is 1. The molecule has 1 aromatic carbocycles. The van der Waals surface area contributed by atoms with Crippen LogP contribution in [-0.4, -0.2) is 45.5 Å². The first-order chi connectivity index (χ1) is 10.3. The number of thioether (sulfide) groups is 1. The summed E-state index contributed by atoms with van der Waals surface area (Å²) in [5.74, 6) is 1.46. The monoisotopic (exact) mass is 299 g/mol. The Bertz CT molecular complexity index is 743. The molecule has 2 aliphatic rings. The highest BCUT2D eigenvalue weighted by Crippen LogP contribution is 2.33. The first kappa shape index (κ1) is 12.6. The maximum absolute atomic E-state index is 12.9. The van der Waals surface area contributed by atoms with Crippen molar-refractivity contribution in [2.24, 2.45) is 0 Å². The minimum Gasteiger partial charge on any atom is -0.459 e. The summed E-state index contributed by atoms with van der Waals surface area (Å²) in [4.78, 5) is 18.7. The van der Waals surface area contributed by atoms with Gasteiger partial charge in [-0.25, -0.2) is 0 Å². The van der Waals surface area contributed by atoms with Crippen LogP contribution in [0.5, 0.6) is 0 Å². The van der Waals surface area contributed by atoms with Crippen molar-refractivity contribution in [2.45, 2.75) is 12.1 Å². The van der Waals surface area contributed by atoms with Gasteiger partial charge in [-0.2, -0.15) is 11.8 Å². The summed E-state index contributed by atoms with van der Waals surface area (Å²) in [5.41, 5.74) is 1.20. The molecule has 1 amide bonds. The minimum atomic E-state index is -0.195. The van der Waals surface area contributed by atoms with Crippen LogP contribution in [0.15, 0.2) is 36.5 Å². The van der Waals surface area contributed by atoms with Gasteiger partial charge < -0.3 is 4.74 Å². The number of amidine groups is 1. The van der Waals surface area contributed by atoms with E-state index in [9.17, 15) is 4.79 Å². The number of para-hydroxylation sites is 1. The molecule has 3 heterocycles. The molecular formula is C15H13N3O2S. The van der Waals surface area contributed by atoms with Crippen LogP contribution < -0.4 is 0 Å². The number of pyridine rings is 1. The highest BCUT2D eigenvalue weighted by molar-refractivity contribution is 7.99. The van der Waals surface area contributed by atoms with Gasteiger partial charge in [-0.1, -0.05) is 18.2 Å². The summed E-state index contributed by atoms with van der Waals surface area (Å²) in [5, 5.41) is 8.87.